The lowest BCUT2D eigenvalue weighted by atomic mass is 10.1. The van der Waals surface area contributed by atoms with Gasteiger partial charge in [-0.25, -0.2) is 0 Å². The second-order valence-corrected chi connectivity index (χ2v) is 3.90. The van der Waals surface area contributed by atoms with E-state index >= 15 is 0 Å². The molecule has 0 saturated carbocycles. The number of nitrogens with zero attached hydrogens (tertiary/aromatic N) is 2. The number of benzene rings is 1. The van der Waals surface area contributed by atoms with Crippen molar-refractivity contribution >= 4 is 11.6 Å². The number of methoxy groups -OCH3 is 1. The van der Waals surface area contributed by atoms with Gasteiger partial charge in [0.1, 0.15) is 11.6 Å². The van der Waals surface area contributed by atoms with Gasteiger partial charge in [-0.3, -0.25) is 0 Å². The number of aromatic nitrogens is 2. The van der Waals surface area contributed by atoms with Gasteiger partial charge in [0.05, 0.1) is 6.61 Å². The first-order valence-electron chi connectivity index (χ1n) is 5.68. The van der Waals surface area contributed by atoms with E-state index in [0.29, 0.717) is 24.8 Å². The van der Waals surface area contributed by atoms with Crippen LogP contribution in [0.15, 0.2) is 36.4 Å². The molecule has 0 atom stereocenters. The summed E-state index contributed by atoms with van der Waals surface area (Å²) in [7, 11) is 1.69. The maximum Gasteiger partial charge on any atom is 0.149 e. The minimum absolute atomic E-state index is 0.417. The Morgan fingerprint density at radius 1 is 1.11 bits per heavy atom. The van der Waals surface area contributed by atoms with Crippen LogP contribution in [0.4, 0.5) is 11.6 Å². The van der Waals surface area contributed by atoms with E-state index in [-0.39, 0.29) is 0 Å². The van der Waals surface area contributed by atoms with Gasteiger partial charge in [-0.15, -0.1) is 10.2 Å². The first kappa shape index (κ1) is 12.3. The molecule has 5 nitrogen and oxygen atoms in total. The van der Waals surface area contributed by atoms with Crippen LogP contribution in [0.25, 0.3) is 0 Å². The molecular formula is C13H16N4O. The molecule has 1 aromatic carbocycles. The van der Waals surface area contributed by atoms with Gasteiger partial charge < -0.3 is 15.8 Å². The standard InChI is InChI=1S/C13H16N4O/c1-18-9-11-5-3-2-4-10(11)8-15-13-7-6-12(14)16-17-13/h2-7H,8-9H2,1H3,(H2,14,16)(H,15,17). The number of ether oxygens (including phenoxy) is 1. The predicted molar refractivity (Wildman–Crippen MR) is 70.9 cm³/mol. The number of rotatable bonds is 5. The summed E-state index contributed by atoms with van der Waals surface area (Å²) in [5, 5.41) is 10.9. The highest BCUT2D eigenvalue weighted by Crippen LogP contribution is 2.12. The Kier molecular flexibility index (Phi) is 4.09. The molecule has 2 aromatic rings. The highest BCUT2D eigenvalue weighted by Gasteiger charge is 2.02. The monoisotopic (exact) mass is 244 g/mol. The molecule has 5 heteroatoms. The van der Waals surface area contributed by atoms with Gasteiger partial charge in [0, 0.05) is 13.7 Å². The lowest BCUT2D eigenvalue weighted by molar-refractivity contribution is 0.184. The summed E-state index contributed by atoms with van der Waals surface area (Å²) >= 11 is 0. The fourth-order valence-corrected chi connectivity index (χ4v) is 1.65. The highest BCUT2D eigenvalue weighted by atomic mass is 16.5. The van der Waals surface area contributed by atoms with Crippen LogP contribution in [0.3, 0.4) is 0 Å². The molecule has 0 unspecified atom stereocenters. The van der Waals surface area contributed by atoms with Crippen molar-refractivity contribution in [3.63, 3.8) is 0 Å². The topological polar surface area (TPSA) is 73.1 Å². The molecule has 0 bridgehead atoms. The molecule has 0 aliphatic heterocycles. The van der Waals surface area contributed by atoms with Gasteiger partial charge in [0.15, 0.2) is 0 Å². The lowest BCUT2D eigenvalue weighted by Crippen LogP contribution is -2.06. The third kappa shape index (κ3) is 3.18. The summed E-state index contributed by atoms with van der Waals surface area (Å²) in [4.78, 5) is 0. The van der Waals surface area contributed by atoms with Crippen molar-refractivity contribution in [2.24, 2.45) is 0 Å². The normalized spacial score (nSPS) is 10.3. The van der Waals surface area contributed by atoms with E-state index < -0.39 is 0 Å². The van der Waals surface area contributed by atoms with Gasteiger partial charge in [0.2, 0.25) is 0 Å². The maximum absolute atomic E-state index is 5.48. The second kappa shape index (κ2) is 5.97. The van der Waals surface area contributed by atoms with Gasteiger partial charge >= 0.3 is 0 Å². The van der Waals surface area contributed by atoms with Crippen molar-refractivity contribution in [1.29, 1.82) is 0 Å². The first-order valence-corrected chi connectivity index (χ1v) is 5.68. The van der Waals surface area contributed by atoms with Crippen LogP contribution < -0.4 is 11.1 Å². The van der Waals surface area contributed by atoms with Crippen LogP contribution in [0.1, 0.15) is 11.1 Å². The SMILES string of the molecule is COCc1ccccc1CNc1ccc(N)nn1. The third-order valence-corrected chi connectivity index (χ3v) is 2.56. The predicted octanol–water partition coefficient (Wildman–Crippen LogP) is 1.82. The van der Waals surface area contributed by atoms with Crippen LogP contribution in [-0.4, -0.2) is 17.3 Å². The fourth-order valence-electron chi connectivity index (χ4n) is 1.65. The van der Waals surface area contributed by atoms with E-state index in [9.17, 15) is 0 Å². The Morgan fingerprint density at radius 3 is 2.56 bits per heavy atom. The number of nitrogens with two attached hydrogens (primary N) is 1. The Bertz CT molecular complexity index is 499. The van der Waals surface area contributed by atoms with E-state index in [0.717, 1.165) is 5.56 Å². The van der Waals surface area contributed by atoms with Crippen molar-refractivity contribution in [1.82, 2.24) is 10.2 Å². The van der Waals surface area contributed by atoms with Crippen molar-refractivity contribution in [3.8, 4) is 0 Å². The summed E-state index contributed by atoms with van der Waals surface area (Å²) in [6.45, 7) is 1.28. The number of nitrogens with one attached hydrogen (secondary N) is 1. The van der Waals surface area contributed by atoms with Crippen molar-refractivity contribution in [2.75, 3.05) is 18.2 Å². The number of hydrogen-bond donors (Lipinski definition) is 2. The smallest absolute Gasteiger partial charge is 0.149 e. The number of hydrogen-bond acceptors (Lipinski definition) is 5. The average Bonchev–Trinajstić information content (AvgIpc) is 2.40. The van der Waals surface area contributed by atoms with E-state index in [1.54, 1.807) is 19.2 Å². The number of nitrogen functional groups attached to an aromatic ring is 1. The molecule has 1 aromatic heterocycles. The Morgan fingerprint density at radius 2 is 1.89 bits per heavy atom. The highest BCUT2D eigenvalue weighted by molar-refractivity contribution is 5.40. The summed E-state index contributed by atoms with van der Waals surface area (Å²) in [6, 6.07) is 11.6. The molecule has 0 fully saturated rings. The lowest BCUT2D eigenvalue weighted by Gasteiger charge is -2.10. The minimum atomic E-state index is 0.417. The molecule has 3 N–H and O–H groups in total. The summed E-state index contributed by atoms with van der Waals surface area (Å²) in [6.07, 6.45) is 0. The maximum atomic E-state index is 5.48. The quantitative estimate of drug-likeness (QED) is 0.839. The van der Waals surface area contributed by atoms with Crippen molar-refractivity contribution < 1.29 is 4.74 Å². The molecule has 0 amide bonds. The van der Waals surface area contributed by atoms with Crippen molar-refractivity contribution in [2.45, 2.75) is 13.2 Å². The van der Waals surface area contributed by atoms with Gasteiger partial charge in [-0.2, -0.15) is 0 Å². The van der Waals surface area contributed by atoms with Crippen LogP contribution in [0, 0.1) is 0 Å². The minimum Gasteiger partial charge on any atom is -0.382 e. The fraction of sp³-hybridized carbons (Fsp3) is 0.231. The zero-order chi connectivity index (χ0) is 12.8. The van der Waals surface area contributed by atoms with Crippen LogP contribution in [0.5, 0.6) is 0 Å². The molecular weight excluding hydrogens is 228 g/mol. The zero-order valence-electron chi connectivity index (χ0n) is 10.3. The van der Waals surface area contributed by atoms with Gasteiger partial charge in [0.25, 0.3) is 0 Å². The summed E-state index contributed by atoms with van der Waals surface area (Å²) in [5.41, 5.74) is 7.82. The van der Waals surface area contributed by atoms with E-state index in [1.165, 1.54) is 5.56 Å². The molecule has 94 valence electrons. The van der Waals surface area contributed by atoms with Crippen molar-refractivity contribution in [3.05, 3.63) is 47.5 Å². The van der Waals surface area contributed by atoms with Crippen LogP contribution >= 0.6 is 0 Å². The Balaban J connectivity index is 2.03. The van der Waals surface area contributed by atoms with E-state index in [1.807, 2.05) is 12.1 Å². The average molecular weight is 244 g/mol. The largest absolute Gasteiger partial charge is 0.382 e. The first-order chi connectivity index (χ1) is 8.79. The summed E-state index contributed by atoms with van der Waals surface area (Å²) < 4.78 is 5.16. The zero-order valence-corrected chi connectivity index (χ0v) is 10.3. The Hall–Kier alpha value is -2.14. The Labute approximate surface area is 106 Å². The molecule has 0 radical (unpaired) electrons. The van der Waals surface area contributed by atoms with Crippen LogP contribution in [-0.2, 0) is 17.9 Å². The van der Waals surface area contributed by atoms with E-state index in [4.69, 9.17) is 10.5 Å². The second-order valence-electron chi connectivity index (χ2n) is 3.90. The summed E-state index contributed by atoms with van der Waals surface area (Å²) in [5.74, 6) is 1.12. The molecule has 1 heterocycles. The molecule has 0 saturated heterocycles. The van der Waals surface area contributed by atoms with Gasteiger partial charge in [-0.05, 0) is 23.3 Å². The molecule has 2 rings (SSSR count). The van der Waals surface area contributed by atoms with Gasteiger partial charge in [-0.1, -0.05) is 24.3 Å². The molecule has 18 heavy (non-hydrogen) atoms. The van der Waals surface area contributed by atoms with Crippen LogP contribution in [0.2, 0.25) is 0 Å². The molecule has 0 aliphatic carbocycles. The third-order valence-electron chi connectivity index (χ3n) is 2.56. The van der Waals surface area contributed by atoms with E-state index in [2.05, 4.69) is 27.6 Å². The molecule has 0 aliphatic rings. The number of anilines is 2. The molecule has 0 spiro atoms.